The van der Waals surface area contributed by atoms with Crippen molar-refractivity contribution >= 4 is 17.2 Å². The van der Waals surface area contributed by atoms with Crippen molar-refractivity contribution < 1.29 is 4.74 Å². The summed E-state index contributed by atoms with van der Waals surface area (Å²) in [7, 11) is 0. The number of rotatable bonds is 4. The SMILES string of the molecule is C(=Cn1nnc2ccccc21)C1OC1(c1ccccc1)c1ccccc1. The summed E-state index contributed by atoms with van der Waals surface area (Å²) in [5, 5.41) is 8.40. The third kappa shape index (κ3) is 2.35. The van der Waals surface area contributed by atoms with E-state index in [2.05, 4.69) is 40.7 Å². The zero-order valence-electron chi connectivity index (χ0n) is 14.1. The molecular weight excluding hydrogens is 322 g/mol. The van der Waals surface area contributed by atoms with Gasteiger partial charge in [-0.1, -0.05) is 78.0 Å². The monoisotopic (exact) mass is 339 g/mol. The van der Waals surface area contributed by atoms with Crippen LogP contribution in [0.4, 0.5) is 0 Å². The minimum Gasteiger partial charge on any atom is -0.351 e. The van der Waals surface area contributed by atoms with Gasteiger partial charge in [-0.15, -0.1) is 5.10 Å². The van der Waals surface area contributed by atoms with Gasteiger partial charge >= 0.3 is 0 Å². The second-order valence-electron chi connectivity index (χ2n) is 6.37. The van der Waals surface area contributed by atoms with Gasteiger partial charge in [-0.25, -0.2) is 4.68 Å². The fourth-order valence-corrected chi connectivity index (χ4v) is 3.50. The normalized spacial score (nSPS) is 18.4. The van der Waals surface area contributed by atoms with Crippen molar-refractivity contribution in [1.29, 1.82) is 0 Å². The molecule has 0 radical (unpaired) electrons. The lowest BCUT2D eigenvalue weighted by Gasteiger charge is -2.13. The molecule has 0 amide bonds. The van der Waals surface area contributed by atoms with Crippen LogP contribution >= 0.6 is 0 Å². The number of nitrogens with zero attached hydrogens (tertiary/aromatic N) is 3. The molecule has 1 fully saturated rings. The van der Waals surface area contributed by atoms with Gasteiger partial charge in [0.25, 0.3) is 0 Å². The molecule has 1 unspecified atom stereocenters. The van der Waals surface area contributed by atoms with Crippen LogP contribution in [0.25, 0.3) is 17.2 Å². The summed E-state index contributed by atoms with van der Waals surface area (Å²) in [5.74, 6) is 0. The number of benzene rings is 3. The van der Waals surface area contributed by atoms with Gasteiger partial charge in [0.1, 0.15) is 17.2 Å². The van der Waals surface area contributed by atoms with Gasteiger partial charge in [-0.05, 0) is 29.3 Å². The van der Waals surface area contributed by atoms with Crippen LogP contribution < -0.4 is 0 Å². The van der Waals surface area contributed by atoms with Crippen molar-refractivity contribution in [3.63, 3.8) is 0 Å². The summed E-state index contributed by atoms with van der Waals surface area (Å²) < 4.78 is 8.03. The van der Waals surface area contributed by atoms with Gasteiger partial charge in [-0.3, -0.25) is 0 Å². The Balaban J connectivity index is 1.52. The zero-order valence-corrected chi connectivity index (χ0v) is 14.1. The molecule has 0 aliphatic carbocycles. The van der Waals surface area contributed by atoms with Crippen LogP contribution in [0, 0.1) is 0 Å². The van der Waals surface area contributed by atoms with Crippen LogP contribution in [0.3, 0.4) is 0 Å². The van der Waals surface area contributed by atoms with Gasteiger partial charge in [0.2, 0.25) is 0 Å². The van der Waals surface area contributed by atoms with E-state index >= 15 is 0 Å². The average molecular weight is 339 g/mol. The lowest BCUT2D eigenvalue weighted by molar-refractivity contribution is 0.338. The third-order valence-corrected chi connectivity index (χ3v) is 4.84. The van der Waals surface area contributed by atoms with Crippen molar-refractivity contribution in [2.24, 2.45) is 0 Å². The molecule has 5 rings (SSSR count). The van der Waals surface area contributed by atoms with Crippen LogP contribution in [-0.2, 0) is 10.3 Å². The molecule has 2 heterocycles. The molecule has 1 aromatic heterocycles. The summed E-state index contributed by atoms with van der Waals surface area (Å²) in [6.07, 6.45) is 3.95. The van der Waals surface area contributed by atoms with E-state index in [1.54, 1.807) is 4.68 Å². The van der Waals surface area contributed by atoms with Gasteiger partial charge in [0.05, 0.1) is 5.52 Å². The van der Waals surface area contributed by atoms with E-state index in [1.807, 2.05) is 66.9 Å². The van der Waals surface area contributed by atoms with Gasteiger partial charge in [-0.2, -0.15) is 0 Å². The van der Waals surface area contributed by atoms with Crippen LogP contribution in [0.1, 0.15) is 11.1 Å². The van der Waals surface area contributed by atoms with E-state index in [1.165, 1.54) is 0 Å². The topological polar surface area (TPSA) is 43.2 Å². The highest BCUT2D eigenvalue weighted by atomic mass is 16.6. The molecule has 1 aliphatic rings. The zero-order chi connectivity index (χ0) is 17.4. The minimum atomic E-state index is -0.435. The Morgan fingerprint density at radius 1 is 0.808 bits per heavy atom. The van der Waals surface area contributed by atoms with Crippen molar-refractivity contribution in [1.82, 2.24) is 15.0 Å². The highest BCUT2D eigenvalue weighted by molar-refractivity contribution is 5.75. The number of hydrogen-bond donors (Lipinski definition) is 0. The average Bonchev–Trinajstić information content (AvgIpc) is 3.32. The number of epoxide rings is 1. The van der Waals surface area contributed by atoms with E-state index in [-0.39, 0.29) is 6.10 Å². The van der Waals surface area contributed by atoms with E-state index in [4.69, 9.17) is 4.74 Å². The van der Waals surface area contributed by atoms with Crippen molar-refractivity contribution in [3.8, 4) is 0 Å². The highest BCUT2D eigenvalue weighted by Gasteiger charge is 2.57. The van der Waals surface area contributed by atoms with E-state index < -0.39 is 5.60 Å². The fraction of sp³-hybridized carbons (Fsp3) is 0.0909. The lowest BCUT2D eigenvalue weighted by atomic mass is 9.88. The quantitative estimate of drug-likeness (QED) is 0.522. The predicted molar refractivity (Wildman–Crippen MR) is 101 cm³/mol. The Bertz CT molecular complexity index is 1030. The number of ether oxygens (including phenoxy) is 1. The third-order valence-electron chi connectivity index (χ3n) is 4.84. The molecule has 1 aliphatic heterocycles. The molecule has 1 saturated heterocycles. The maximum Gasteiger partial charge on any atom is 0.149 e. The van der Waals surface area contributed by atoms with Crippen molar-refractivity contribution in [2.45, 2.75) is 11.7 Å². The van der Waals surface area contributed by atoms with E-state index in [9.17, 15) is 0 Å². The molecular formula is C22H17N3O. The Morgan fingerprint density at radius 2 is 1.42 bits per heavy atom. The number of fused-ring (bicyclic) bond motifs is 1. The van der Waals surface area contributed by atoms with Crippen LogP contribution in [0.15, 0.2) is 91.0 Å². The molecule has 4 aromatic rings. The lowest BCUT2D eigenvalue weighted by Crippen LogP contribution is -2.14. The Labute approximate surface area is 151 Å². The summed E-state index contributed by atoms with van der Waals surface area (Å²) in [6, 6.07) is 28.6. The smallest absolute Gasteiger partial charge is 0.149 e. The molecule has 4 nitrogen and oxygen atoms in total. The second-order valence-corrected chi connectivity index (χ2v) is 6.37. The maximum atomic E-state index is 6.24. The number of aromatic nitrogens is 3. The number of hydrogen-bond acceptors (Lipinski definition) is 3. The van der Waals surface area contributed by atoms with Crippen LogP contribution in [0.2, 0.25) is 0 Å². The van der Waals surface area contributed by atoms with E-state index in [0.717, 1.165) is 22.2 Å². The first-order valence-electron chi connectivity index (χ1n) is 8.65. The van der Waals surface area contributed by atoms with Gasteiger partial charge in [0, 0.05) is 6.20 Å². The molecule has 0 spiro atoms. The Kier molecular flexibility index (Phi) is 3.43. The van der Waals surface area contributed by atoms with Crippen molar-refractivity contribution in [3.05, 3.63) is 102 Å². The van der Waals surface area contributed by atoms with Crippen molar-refractivity contribution in [2.75, 3.05) is 0 Å². The van der Waals surface area contributed by atoms with Crippen LogP contribution in [-0.4, -0.2) is 21.1 Å². The molecule has 1 atom stereocenters. The molecule has 0 N–H and O–H groups in total. The van der Waals surface area contributed by atoms with Crippen LogP contribution in [0.5, 0.6) is 0 Å². The van der Waals surface area contributed by atoms with Gasteiger partial charge < -0.3 is 4.74 Å². The summed E-state index contributed by atoms with van der Waals surface area (Å²) in [5.41, 5.74) is 3.74. The minimum absolute atomic E-state index is 0.0461. The first kappa shape index (κ1) is 15.0. The molecule has 0 saturated carbocycles. The largest absolute Gasteiger partial charge is 0.351 e. The molecule has 26 heavy (non-hydrogen) atoms. The molecule has 126 valence electrons. The first-order valence-corrected chi connectivity index (χ1v) is 8.65. The molecule has 3 aromatic carbocycles. The first-order chi connectivity index (χ1) is 12.9. The summed E-state index contributed by atoms with van der Waals surface area (Å²) >= 11 is 0. The molecule has 0 bridgehead atoms. The molecule has 4 heteroatoms. The summed E-state index contributed by atoms with van der Waals surface area (Å²) in [4.78, 5) is 0. The van der Waals surface area contributed by atoms with Gasteiger partial charge in [0.15, 0.2) is 0 Å². The maximum absolute atomic E-state index is 6.24. The second kappa shape index (κ2) is 5.93. The Hall–Kier alpha value is -3.24. The summed E-state index contributed by atoms with van der Waals surface area (Å²) in [6.45, 7) is 0. The van der Waals surface area contributed by atoms with E-state index in [0.29, 0.717) is 0 Å². The number of para-hydroxylation sites is 1. The Morgan fingerprint density at radius 3 is 2.12 bits per heavy atom. The fourth-order valence-electron chi connectivity index (χ4n) is 3.50. The predicted octanol–water partition coefficient (Wildman–Crippen LogP) is 4.24. The standard InChI is InChI=1S/C22H17N3O/c1-3-9-17(10-4-1)22(18-11-5-2-6-12-18)21(26-22)15-16-25-20-14-8-7-13-19(20)23-24-25/h1-16,21H. The highest BCUT2D eigenvalue weighted by Crippen LogP contribution is 2.52.